The van der Waals surface area contributed by atoms with Crippen molar-refractivity contribution in [1.82, 2.24) is 5.43 Å². The molecule has 0 radical (unpaired) electrons. The largest absolute Gasteiger partial charge is 0.497 e. The first-order valence-corrected chi connectivity index (χ1v) is 8.41. The molecule has 0 aromatic heterocycles. The molecule has 0 aliphatic rings. The summed E-state index contributed by atoms with van der Waals surface area (Å²) >= 11 is 5.23. The average Bonchev–Trinajstić information content (AvgIpc) is 2.50. The van der Waals surface area contributed by atoms with E-state index in [1.165, 1.54) is 16.0 Å². The number of rotatable bonds is 6. The normalized spacial score (nSPS) is 12.2. The van der Waals surface area contributed by atoms with Crippen LogP contribution < -0.4 is 16.0 Å². The number of hydrazine groups is 1. The third-order valence-electron chi connectivity index (χ3n) is 3.28. The number of methoxy groups -OCH3 is 1. The Morgan fingerprint density at radius 1 is 1.24 bits per heavy atom. The lowest BCUT2D eigenvalue weighted by molar-refractivity contribution is 0.414. The van der Waals surface area contributed by atoms with Gasteiger partial charge in [-0.15, -0.1) is 11.8 Å². The first kappa shape index (κ1) is 16.4. The van der Waals surface area contributed by atoms with Crippen LogP contribution in [0, 0.1) is 6.92 Å². The molecule has 0 saturated carbocycles. The SMILES string of the molecule is COc1ccc(C(CSc2ccc(Br)cc2)NN)c(C)c1. The summed E-state index contributed by atoms with van der Waals surface area (Å²) in [5.41, 5.74) is 5.28. The number of hydrogen-bond donors (Lipinski definition) is 2. The van der Waals surface area contributed by atoms with Gasteiger partial charge in [0, 0.05) is 15.1 Å². The van der Waals surface area contributed by atoms with E-state index in [-0.39, 0.29) is 6.04 Å². The first-order valence-electron chi connectivity index (χ1n) is 6.63. The summed E-state index contributed by atoms with van der Waals surface area (Å²) in [7, 11) is 1.68. The molecule has 2 aromatic rings. The number of nitrogens with two attached hydrogens (primary N) is 1. The Balaban J connectivity index is 2.07. The minimum atomic E-state index is 0.101. The van der Waals surface area contributed by atoms with E-state index in [0.717, 1.165) is 16.0 Å². The quantitative estimate of drug-likeness (QED) is 0.459. The summed E-state index contributed by atoms with van der Waals surface area (Å²) in [6.45, 7) is 2.08. The maximum absolute atomic E-state index is 5.73. The Kier molecular flexibility index (Phi) is 6.11. The number of ether oxygens (including phenoxy) is 1. The van der Waals surface area contributed by atoms with Gasteiger partial charge in [0.1, 0.15) is 5.75 Å². The van der Waals surface area contributed by atoms with Crippen molar-refractivity contribution in [2.75, 3.05) is 12.9 Å². The van der Waals surface area contributed by atoms with E-state index < -0.39 is 0 Å². The zero-order chi connectivity index (χ0) is 15.2. The van der Waals surface area contributed by atoms with Crippen molar-refractivity contribution in [3.63, 3.8) is 0 Å². The summed E-state index contributed by atoms with van der Waals surface area (Å²) in [4.78, 5) is 1.23. The number of hydrogen-bond acceptors (Lipinski definition) is 4. The number of nitrogens with one attached hydrogen (secondary N) is 1. The predicted molar refractivity (Wildman–Crippen MR) is 92.7 cm³/mol. The van der Waals surface area contributed by atoms with Gasteiger partial charge in [0.05, 0.1) is 13.2 Å². The number of halogens is 1. The van der Waals surface area contributed by atoms with Gasteiger partial charge < -0.3 is 4.74 Å². The topological polar surface area (TPSA) is 47.3 Å². The van der Waals surface area contributed by atoms with E-state index in [1.807, 2.05) is 24.3 Å². The first-order chi connectivity index (χ1) is 10.1. The molecule has 1 atom stereocenters. The van der Waals surface area contributed by atoms with Crippen LogP contribution in [0.4, 0.5) is 0 Å². The van der Waals surface area contributed by atoms with E-state index in [4.69, 9.17) is 10.6 Å². The van der Waals surface area contributed by atoms with Crippen molar-refractivity contribution < 1.29 is 4.74 Å². The highest BCUT2D eigenvalue weighted by Gasteiger charge is 2.13. The highest BCUT2D eigenvalue weighted by atomic mass is 79.9. The van der Waals surface area contributed by atoms with Gasteiger partial charge in [-0.1, -0.05) is 22.0 Å². The third kappa shape index (κ3) is 4.48. The smallest absolute Gasteiger partial charge is 0.119 e. The van der Waals surface area contributed by atoms with Gasteiger partial charge in [0.25, 0.3) is 0 Å². The Morgan fingerprint density at radius 3 is 2.52 bits per heavy atom. The molecular weight excluding hydrogens is 348 g/mol. The van der Waals surface area contributed by atoms with E-state index in [0.29, 0.717) is 0 Å². The Morgan fingerprint density at radius 2 is 1.95 bits per heavy atom. The highest BCUT2D eigenvalue weighted by Crippen LogP contribution is 2.28. The van der Waals surface area contributed by atoms with E-state index in [9.17, 15) is 0 Å². The fraction of sp³-hybridized carbons (Fsp3) is 0.250. The molecule has 112 valence electrons. The summed E-state index contributed by atoms with van der Waals surface area (Å²) < 4.78 is 6.33. The molecule has 0 bridgehead atoms. The second kappa shape index (κ2) is 7.84. The third-order valence-corrected chi connectivity index (χ3v) is 4.92. The molecule has 0 aliphatic carbocycles. The van der Waals surface area contributed by atoms with Crippen LogP contribution in [0.25, 0.3) is 0 Å². The fourth-order valence-electron chi connectivity index (χ4n) is 2.10. The zero-order valence-corrected chi connectivity index (χ0v) is 14.5. The maximum atomic E-state index is 5.73. The van der Waals surface area contributed by atoms with Crippen molar-refractivity contribution in [3.05, 3.63) is 58.1 Å². The highest BCUT2D eigenvalue weighted by molar-refractivity contribution is 9.10. The van der Waals surface area contributed by atoms with Gasteiger partial charge in [-0.05, 0) is 54.4 Å². The lowest BCUT2D eigenvalue weighted by atomic mass is 10.0. The molecule has 0 saturated heterocycles. The number of aryl methyl sites for hydroxylation is 1. The van der Waals surface area contributed by atoms with Crippen LogP contribution in [-0.4, -0.2) is 12.9 Å². The van der Waals surface area contributed by atoms with E-state index >= 15 is 0 Å². The second-order valence-corrected chi connectivity index (χ2v) is 6.72. The van der Waals surface area contributed by atoms with Gasteiger partial charge in [-0.25, -0.2) is 0 Å². The molecule has 21 heavy (non-hydrogen) atoms. The fourth-order valence-corrected chi connectivity index (χ4v) is 3.33. The van der Waals surface area contributed by atoms with Gasteiger partial charge >= 0.3 is 0 Å². The van der Waals surface area contributed by atoms with Crippen molar-refractivity contribution in [2.24, 2.45) is 5.84 Å². The van der Waals surface area contributed by atoms with Gasteiger partial charge in [-0.2, -0.15) is 0 Å². The summed E-state index contributed by atoms with van der Waals surface area (Å²) in [5.74, 6) is 7.46. The van der Waals surface area contributed by atoms with Crippen LogP contribution in [0.5, 0.6) is 5.75 Å². The van der Waals surface area contributed by atoms with Crippen molar-refractivity contribution >= 4 is 27.7 Å². The minimum Gasteiger partial charge on any atom is -0.497 e. The Bertz CT molecular complexity index is 589. The summed E-state index contributed by atoms with van der Waals surface area (Å²) in [6.07, 6.45) is 0. The summed E-state index contributed by atoms with van der Waals surface area (Å²) in [6, 6.07) is 14.5. The van der Waals surface area contributed by atoms with Crippen LogP contribution >= 0.6 is 27.7 Å². The molecule has 5 heteroatoms. The maximum Gasteiger partial charge on any atom is 0.119 e. The van der Waals surface area contributed by atoms with E-state index in [2.05, 4.69) is 46.5 Å². The lowest BCUT2D eigenvalue weighted by Crippen LogP contribution is -2.30. The molecule has 0 spiro atoms. The molecule has 3 N–H and O–H groups in total. The molecule has 0 fully saturated rings. The van der Waals surface area contributed by atoms with Crippen molar-refractivity contribution in [2.45, 2.75) is 17.9 Å². The Labute approximate surface area is 138 Å². The minimum absolute atomic E-state index is 0.101. The molecule has 2 aromatic carbocycles. The lowest BCUT2D eigenvalue weighted by Gasteiger charge is -2.19. The van der Waals surface area contributed by atoms with Gasteiger partial charge in [0.2, 0.25) is 0 Å². The molecule has 0 heterocycles. The zero-order valence-electron chi connectivity index (χ0n) is 12.1. The Hall–Kier alpha value is -1.01. The van der Waals surface area contributed by atoms with Crippen LogP contribution in [-0.2, 0) is 0 Å². The second-order valence-electron chi connectivity index (χ2n) is 4.71. The molecule has 0 aliphatic heterocycles. The number of thioether (sulfide) groups is 1. The predicted octanol–water partition coefficient (Wildman–Crippen LogP) is 4.06. The number of benzene rings is 2. The van der Waals surface area contributed by atoms with Gasteiger partial charge in [-0.3, -0.25) is 11.3 Å². The molecular formula is C16H19BrN2OS. The molecule has 3 nitrogen and oxygen atoms in total. The molecule has 0 amide bonds. The molecule has 2 rings (SSSR count). The standard InChI is InChI=1S/C16H19BrN2OS/c1-11-9-13(20-2)5-8-15(11)16(19-18)10-21-14-6-3-12(17)4-7-14/h3-9,16,19H,10,18H2,1-2H3. The summed E-state index contributed by atoms with van der Waals surface area (Å²) in [5, 5.41) is 0. The van der Waals surface area contributed by atoms with Gasteiger partial charge in [0.15, 0.2) is 0 Å². The molecule has 1 unspecified atom stereocenters. The average molecular weight is 367 g/mol. The van der Waals surface area contributed by atoms with E-state index in [1.54, 1.807) is 18.9 Å². The van der Waals surface area contributed by atoms with Crippen LogP contribution in [0.3, 0.4) is 0 Å². The van der Waals surface area contributed by atoms with Crippen LogP contribution in [0.2, 0.25) is 0 Å². The monoisotopic (exact) mass is 366 g/mol. The van der Waals surface area contributed by atoms with Crippen LogP contribution in [0.1, 0.15) is 17.2 Å². The van der Waals surface area contributed by atoms with Crippen LogP contribution in [0.15, 0.2) is 51.8 Å². The van der Waals surface area contributed by atoms with Crippen molar-refractivity contribution in [3.8, 4) is 5.75 Å². The van der Waals surface area contributed by atoms with Crippen molar-refractivity contribution in [1.29, 1.82) is 0 Å².